The second-order valence-electron chi connectivity index (χ2n) is 10.4. The number of aryl methyl sites for hydroxylation is 2. The van der Waals surface area contributed by atoms with E-state index in [2.05, 4.69) is 13.8 Å². The van der Waals surface area contributed by atoms with Gasteiger partial charge in [0.1, 0.15) is 10.6 Å². The Morgan fingerprint density at radius 3 is 1.34 bits per heavy atom. The summed E-state index contributed by atoms with van der Waals surface area (Å²) < 4.78 is 33.3. The predicted octanol–water partition coefficient (Wildman–Crippen LogP) is 9.57. The third kappa shape index (κ3) is 15.6. The summed E-state index contributed by atoms with van der Waals surface area (Å²) in [5.74, 6) is -0.268. The molecular weight excluding hydrogens is 456 g/mol. The molecule has 0 fully saturated rings. The molecule has 0 heterocycles. The maximum Gasteiger partial charge on any atom is 0.298 e. The summed E-state index contributed by atoms with van der Waals surface area (Å²) in [6.45, 7) is 4.48. The van der Waals surface area contributed by atoms with Gasteiger partial charge in [0.05, 0.1) is 0 Å². The zero-order valence-electron chi connectivity index (χ0n) is 22.8. The SMILES string of the molecule is CCCCCCCCCCCCc1cc(CCCCCCCCCCCC)c(O)c(S(=O)(=O)O)c1. The maximum absolute atomic E-state index is 11.8. The summed E-state index contributed by atoms with van der Waals surface area (Å²) in [6, 6.07) is 3.41. The Morgan fingerprint density at radius 1 is 0.571 bits per heavy atom. The Morgan fingerprint density at radius 2 is 0.943 bits per heavy atom. The van der Waals surface area contributed by atoms with Gasteiger partial charge in [-0.15, -0.1) is 0 Å². The third-order valence-electron chi connectivity index (χ3n) is 7.11. The molecule has 0 aliphatic carbocycles. The van der Waals surface area contributed by atoms with Gasteiger partial charge in [-0.25, -0.2) is 0 Å². The van der Waals surface area contributed by atoms with E-state index >= 15 is 0 Å². The summed E-state index contributed by atoms with van der Waals surface area (Å²) in [5.41, 5.74) is 1.55. The van der Waals surface area contributed by atoms with E-state index in [4.69, 9.17) is 0 Å². The first kappa shape index (κ1) is 32.0. The molecule has 0 radical (unpaired) electrons. The van der Waals surface area contributed by atoms with Crippen molar-refractivity contribution in [1.82, 2.24) is 0 Å². The molecule has 4 nitrogen and oxygen atoms in total. The van der Waals surface area contributed by atoms with Crippen molar-refractivity contribution in [3.63, 3.8) is 0 Å². The lowest BCUT2D eigenvalue weighted by Gasteiger charge is -2.12. The maximum atomic E-state index is 11.8. The molecule has 0 aromatic heterocycles. The Kier molecular flexibility index (Phi) is 18.3. The molecule has 0 bridgehead atoms. The first-order valence-corrected chi connectivity index (χ1v) is 16.2. The first-order chi connectivity index (χ1) is 16.9. The lowest BCUT2D eigenvalue weighted by atomic mass is 9.98. The van der Waals surface area contributed by atoms with E-state index in [1.807, 2.05) is 6.07 Å². The molecule has 35 heavy (non-hydrogen) atoms. The van der Waals surface area contributed by atoms with E-state index in [1.165, 1.54) is 109 Å². The molecule has 0 unspecified atom stereocenters. The van der Waals surface area contributed by atoms with Crippen LogP contribution in [0.3, 0.4) is 0 Å². The summed E-state index contributed by atoms with van der Waals surface area (Å²) >= 11 is 0. The normalized spacial score (nSPS) is 11.9. The monoisotopic (exact) mass is 510 g/mol. The van der Waals surface area contributed by atoms with Crippen molar-refractivity contribution in [3.8, 4) is 5.75 Å². The predicted molar refractivity (Wildman–Crippen MR) is 149 cm³/mol. The highest BCUT2D eigenvalue weighted by Gasteiger charge is 2.19. The van der Waals surface area contributed by atoms with E-state index < -0.39 is 10.1 Å². The van der Waals surface area contributed by atoms with Crippen LogP contribution < -0.4 is 0 Å². The molecule has 0 spiro atoms. The minimum atomic E-state index is -4.43. The van der Waals surface area contributed by atoms with Crippen molar-refractivity contribution >= 4 is 10.1 Å². The van der Waals surface area contributed by atoms with Crippen molar-refractivity contribution in [3.05, 3.63) is 23.3 Å². The van der Waals surface area contributed by atoms with Gasteiger partial charge < -0.3 is 5.11 Å². The van der Waals surface area contributed by atoms with Gasteiger partial charge in [-0.3, -0.25) is 4.55 Å². The number of unbranched alkanes of at least 4 members (excludes halogenated alkanes) is 18. The minimum absolute atomic E-state index is 0.268. The molecule has 2 N–H and O–H groups in total. The van der Waals surface area contributed by atoms with Crippen LogP contribution in [0.2, 0.25) is 0 Å². The van der Waals surface area contributed by atoms with Crippen LogP contribution >= 0.6 is 0 Å². The lowest BCUT2D eigenvalue weighted by molar-refractivity contribution is 0.436. The summed E-state index contributed by atoms with van der Waals surface area (Å²) in [7, 11) is -4.43. The molecule has 5 heteroatoms. The topological polar surface area (TPSA) is 74.6 Å². The Balaban J connectivity index is 2.41. The molecular formula is C30H54O4S. The van der Waals surface area contributed by atoms with Crippen LogP contribution in [0, 0.1) is 0 Å². The fraction of sp³-hybridized carbons (Fsp3) is 0.800. The smallest absolute Gasteiger partial charge is 0.298 e. The second-order valence-corrected chi connectivity index (χ2v) is 11.8. The summed E-state index contributed by atoms with van der Waals surface area (Å²) in [6.07, 6.45) is 26.4. The van der Waals surface area contributed by atoms with Crippen molar-refractivity contribution in [2.24, 2.45) is 0 Å². The molecule has 1 aromatic rings. The van der Waals surface area contributed by atoms with Gasteiger partial charge in [-0.05, 0) is 42.9 Å². The highest BCUT2D eigenvalue weighted by Crippen LogP contribution is 2.31. The van der Waals surface area contributed by atoms with E-state index in [0.717, 1.165) is 37.7 Å². The number of phenols is 1. The van der Waals surface area contributed by atoms with Crippen molar-refractivity contribution in [1.29, 1.82) is 0 Å². The average molecular weight is 511 g/mol. The number of aromatic hydroxyl groups is 1. The van der Waals surface area contributed by atoms with Crippen LogP contribution in [-0.2, 0) is 23.0 Å². The molecule has 1 aromatic carbocycles. The van der Waals surface area contributed by atoms with Crippen LogP contribution in [-0.4, -0.2) is 18.1 Å². The van der Waals surface area contributed by atoms with Crippen molar-refractivity contribution < 1.29 is 18.1 Å². The quantitative estimate of drug-likeness (QED) is 0.113. The van der Waals surface area contributed by atoms with Gasteiger partial charge in [-0.1, -0.05) is 135 Å². The lowest BCUT2D eigenvalue weighted by Crippen LogP contribution is -2.03. The van der Waals surface area contributed by atoms with Gasteiger partial charge in [-0.2, -0.15) is 8.42 Å². The second kappa shape index (κ2) is 20.0. The van der Waals surface area contributed by atoms with Crippen molar-refractivity contribution in [2.45, 2.75) is 160 Å². The minimum Gasteiger partial charge on any atom is -0.506 e. The standard InChI is InChI=1S/C30H54O4S/c1-3-5-7-9-11-13-15-17-19-21-23-27-25-28(30(31)29(26-27)35(32,33)34)24-22-20-18-16-14-12-10-8-6-4-2/h25-26,31H,3-24H2,1-2H3,(H,32,33,34). The number of hydrogen-bond donors (Lipinski definition) is 2. The van der Waals surface area contributed by atoms with E-state index in [0.29, 0.717) is 12.0 Å². The van der Waals surface area contributed by atoms with E-state index in [1.54, 1.807) is 0 Å². The number of benzene rings is 1. The number of rotatable bonds is 23. The van der Waals surface area contributed by atoms with E-state index in [9.17, 15) is 18.1 Å². The Bertz CT molecular complexity index is 758. The molecule has 0 aliphatic rings. The molecule has 0 amide bonds. The molecule has 0 atom stereocenters. The van der Waals surface area contributed by atoms with Crippen LogP contribution in [0.5, 0.6) is 5.75 Å². The van der Waals surface area contributed by atoms with Gasteiger partial charge in [0, 0.05) is 0 Å². The zero-order chi connectivity index (χ0) is 25.8. The molecule has 0 saturated carbocycles. The molecule has 1 rings (SSSR count). The molecule has 204 valence electrons. The average Bonchev–Trinajstić information content (AvgIpc) is 2.82. The van der Waals surface area contributed by atoms with Crippen LogP contribution in [0.4, 0.5) is 0 Å². The molecule has 0 saturated heterocycles. The van der Waals surface area contributed by atoms with Crippen LogP contribution in [0.15, 0.2) is 17.0 Å². The van der Waals surface area contributed by atoms with Crippen molar-refractivity contribution in [2.75, 3.05) is 0 Å². The number of hydrogen-bond acceptors (Lipinski definition) is 3. The molecule has 0 aliphatic heterocycles. The fourth-order valence-corrected chi connectivity index (χ4v) is 5.56. The van der Waals surface area contributed by atoms with Gasteiger partial charge in [0.25, 0.3) is 10.1 Å². The third-order valence-corrected chi connectivity index (χ3v) is 7.98. The summed E-state index contributed by atoms with van der Waals surface area (Å²) in [4.78, 5) is -0.329. The van der Waals surface area contributed by atoms with E-state index in [-0.39, 0.29) is 10.6 Å². The van der Waals surface area contributed by atoms with Gasteiger partial charge >= 0.3 is 0 Å². The largest absolute Gasteiger partial charge is 0.506 e. The highest BCUT2D eigenvalue weighted by molar-refractivity contribution is 7.86. The highest BCUT2D eigenvalue weighted by atomic mass is 32.2. The zero-order valence-corrected chi connectivity index (χ0v) is 23.6. The Labute approximate surface area is 217 Å². The number of phenolic OH excluding ortho intramolecular Hbond substituents is 1. The van der Waals surface area contributed by atoms with Gasteiger partial charge in [0.2, 0.25) is 0 Å². The summed E-state index contributed by atoms with van der Waals surface area (Å²) in [5, 5.41) is 10.5. The first-order valence-electron chi connectivity index (χ1n) is 14.7. The Hall–Kier alpha value is -1.07. The van der Waals surface area contributed by atoms with Crippen LogP contribution in [0.25, 0.3) is 0 Å². The van der Waals surface area contributed by atoms with Gasteiger partial charge in [0.15, 0.2) is 0 Å². The fourth-order valence-electron chi connectivity index (χ4n) is 4.88. The van der Waals surface area contributed by atoms with Crippen LogP contribution in [0.1, 0.15) is 153 Å².